The van der Waals surface area contributed by atoms with Gasteiger partial charge < -0.3 is 10.0 Å². The van der Waals surface area contributed by atoms with Crippen molar-refractivity contribution in [2.24, 2.45) is 17.3 Å². The lowest BCUT2D eigenvalue weighted by Gasteiger charge is -2.32. The summed E-state index contributed by atoms with van der Waals surface area (Å²) in [5, 5.41) is 9.42. The summed E-state index contributed by atoms with van der Waals surface area (Å²) in [5.74, 6) is 1.69. The third-order valence-electron chi connectivity index (χ3n) is 5.86. The Morgan fingerprint density at radius 2 is 1.75 bits per heavy atom. The largest absolute Gasteiger partial charge is 0.508 e. The van der Waals surface area contributed by atoms with Gasteiger partial charge in [0.1, 0.15) is 5.75 Å². The Bertz CT molecular complexity index is 632. The molecule has 3 nitrogen and oxygen atoms in total. The minimum atomic E-state index is 0.0994. The van der Waals surface area contributed by atoms with Gasteiger partial charge in [-0.15, -0.1) is 0 Å². The van der Waals surface area contributed by atoms with Crippen LogP contribution in [-0.2, 0) is 4.79 Å². The van der Waals surface area contributed by atoms with Crippen molar-refractivity contribution in [3.05, 3.63) is 41.5 Å². The van der Waals surface area contributed by atoms with E-state index < -0.39 is 0 Å². The molecule has 1 aliphatic heterocycles. The van der Waals surface area contributed by atoms with E-state index in [1.54, 1.807) is 12.1 Å². The fourth-order valence-corrected chi connectivity index (χ4v) is 4.20. The SMILES string of the molecule is CC(C)=C[C@@H]1[C@H](C(=O)N2CCC(c3ccc(O)cc3)CC2)C1(C)C. The second kappa shape index (κ2) is 6.27. The number of hydrogen-bond acceptors (Lipinski definition) is 2. The molecule has 3 heteroatoms. The maximum atomic E-state index is 12.9. The van der Waals surface area contributed by atoms with E-state index >= 15 is 0 Å². The van der Waals surface area contributed by atoms with Crippen molar-refractivity contribution in [1.82, 2.24) is 4.90 Å². The van der Waals surface area contributed by atoms with Crippen LogP contribution in [0.3, 0.4) is 0 Å². The van der Waals surface area contributed by atoms with Gasteiger partial charge in [-0.1, -0.05) is 37.6 Å². The van der Waals surface area contributed by atoms with Crippen LogP contribution < -0.4 is 0 Å². The number of amides is 1. The number of allylic oxidation sites excluding steroid dienone is 2. The highest BCUT2D eigenvalue weighted by Gasteiger charge is 2.61. The first kappa shape index (κ1) is 17.1. The molecule has 1 aromatic rings. The van der Waals surface area contributed by atoms with Crippen LogP contribution in [0.5, 0.6) is 5.75 Å². The molecule has 2 aliphatic rings. The third-order valence-corrected chi connectivity index (χ3v) is 5.86. The molecule has 130 valence electrons. The van der Waals surface area contributed by atoms with Gasteiger partial charge in [-0.2, -0.15) is 0 Å². The molecule has 1 saturated carbocycles. The molecule has 1 aromatic carbocycles. The van der Waals surface area contributed by atoms with Crippen LogP contribution in [-0.4, -0.2) is 29.0 Å². The average molecular weight is 327 g/mol. The molecular weight excluding hydrogens is 298 g/mol. The quantitative estimate of drug-likeness (QED) is 0.839. The minimum absolute atomic E-state index is 0.0994. The smallest absolute Gasteiger partial charge is 0.226 e. The Kier molecular flexibility index (Phi) is 4.46. The highest BCUT2D eigenvalue weighted by atomic mass is 16.3. The van der Waals surface area contributed by atoms with E-state index in [9.17, 15) is 9.90 Å². The van der Waals surface area contributed by atoms with Gasteiger partial charge in [0.05, 0.1) is 5.92 Å². The topological polar surface area (TPSA) is 40.5 Å². The standard InChI is InChI=1S/C21H29NO2/c1-14(2)13-18-19(21(18,3)4)20(24)22-11-9-16(10-12-22)15-5-7-17(23)8-6-15/h5-8,13,16,18-19,23H,9-12H2,1-4H3/t18-,19-/m1/s1. The maximum Gasteiger partial charge on any atom is 0.226 e. The molecule has 24 heavy (non-hydrogen) atoms. The van der Waals surface area contributed by atoms with Crippen molar-refractivity contribution >= 4 is 5.91 Å². The Balaban J connectivity index is 1.60. The number of phenols is 1. The van der Waals surface area contributed by atoms with Gasteiger partial charge in [-0.05, 0) is 61.6 Å². The Morgan fingerprint density at radius 1 is 1.17 bits per heavy atom. The molecule has 0 radical (unpaired) electrons. The lowest BCUT2D eigenvalue weighted by atomic mass is 9.89. The fourth-order valence-electron chi connectivity index (χ4n) is 4.20. The molecule has 0 spiro atoms. The van der Waals surface area contributed by atoms with E-state index in [-0.39, 0.29) is 11.3 Å². The molecule has 3 rings (SSSR count). The molecule has 0 unspecified atom stereocenters. The third kappa shape index (κ3) is 3.22. The second-order valence-corrected chi connectivity index (χ2v) is 8.26. The highest BCUT2D eigenvalue weighted by molar-refractivity contribution is 5.84. The van der Waals surface area contributed by atoms with Gasteiger partial charge >= 0.3 is 0 Å². The average Bonchev–Trinajstić information content (AvgIpc) is 3.07. The van der Waals surface area contributed by atoms with Crippen LogP contribution in [0, 0.1) is 17.3 Å². The van der Waals surface area contributed by atoms with Crippen LogP contribution in [0.25, 0.3) is 0 Å². The predicted molar refractivity (Wildman–Crippen MR) is 96.9 cm³/mol. The van der Waals surface area contributed by atoms with Gasteiger partial charge in [-0.3, -0.25) is 4.79 Å². The maximum absolute atomic E-state index is 12.9. The van der Waals surface area contributed by atoms with Gasteiger partial charge in [0, 0.05) is 13.1 Å². The van der Waals surface area contributed by atoms with Gasteiger partial charge in [0.25, 0.3) is 0 Å². The van der Waals surface area contributed by atoms with Crippen LogP contribution >= 0.6 is 0 Å². The van der Waals surface area contributed by atoms with Crippen molar-refractivity contribution < 1.29 is 9.90 Å². The van der Waals surface area contributed by atoms with Crippen LogP contribution in [0.15, 0.2) is 35.9 Å². The van der Waals surface area contributed by atoms with E-state index in [0.29, 0.717) is 23.5 Å². The summed E-state index contributed by atoms with van der Waals surface area (Å²) in [5.41, 5.74) is 2.67. The summed E-state index contributed by atoms with van der Waals surface area (Å²) in [6.45, 7) is 10.3. The number of carbonyl (C=O) groups is 1. The molecule has 1 aliphatic carbocycles. The number of hydrogen-bond donors (Lipinski definition) is 1. The number of likely N-dealkylation sites (tertiary alicyclic amines) is 1. The van der Waals surface area contributed by atoms with Crippen molar-refractivity contribution in [3.8, 4) is 5.75 Å². The zero-order chi connectivity index (χ0) is 17.5. The van der Waals surface area contributed by atoms with Crippen molar-refractivity contribution in [2.45, 2.75) is 46.5 Å². The highest BCUT2D eigenvalue weighted by Crippen LogP contribution is 2.60. The minimum Gasteiger partial charge on any atom is -0.508 e. The molecule has 0 aromatic heterocycles. The number of carbonyl (C=O) groups excluding carboxylic acids is 1. The summed E-state index contributed by atoms with van der Waals surface area (Å²) >= 11 is 0. The molecule has 2 fully saturated rings. The summed E-state index contributed by atoms with van der Waals surface area (Å²) in [7, 11) is 0. The monoisotopic (exact) mass is 327 g/mol. The molecular formula is C21H29NO2. The van der Waals surface area contributed by atoms with E-state index in [0.717, 1.165) is 25.9 Å². The molecule has 0 bridgehead atoms. The number of aromatic hydroxyl groups is 1. The van der Waals surface area contributed by atoms with E-state index in [2.05, 4.69) is 38.7 Å². The Labute approximate surface area is 145 Å². The lowest BCUT2D eigenvalue weighted by molar-refractivity contribution is -0.134. The fraction of sp³-hybridized carbons (Fsp3) is 0.571. The van der Waals surface area contributed by atoms with Crippen LogP contribution in [0.4, 0.5) is 0 Å². The van der Waals surface area contributed by atoms with Crippen molar-refractivity contribution in [1.29, 1.82) is 0 Å². The Hall–Kier alpha value is -1.77. The zero-order valence-corrected chi connectivity index (χ0v) is 15.2. The molecule has 2 atom stereocenters. The van der Waals surface area contributed by atoms with E-state index in [1.807, 2.05) is 12.1 Å². The normalized spacial score (nSPS) is 26.1. The first-order valence-corrected chi connectivity index (χ1v) is 9.03. The van der Waals surface area contributed by atoms with Gasteiger partial charge in [0.15, 0.2) is 0 Å². The molecule has 1 heterocycles. The van der Waals surface area contributed by atoms with Crippen LogP contribution in [0.1, 0.15) is 52.0 Å². The summed E-state index contributed by atoms with van der Waals surface area (Å²) in [6, 6.07) is 7.52. The molecule has 1 N–H and O–H groups in total. The number of benzene rings is 1. The first-order chi connectivity index (χ1) is 11.3. The Morgan fingerprint density at radius 3 is 2.29 bits per heavy atom. The summed E-state index contributed by atoms with van der Waals surface area (Å²) in [4.78, 5) is 15.0. The number of phenolic OH excluding ortho intramolecular Hbond substituents is 1. The molecule has 1 amide bonds. The molecule has 1 saturated heterocycles. The first-order valence-electron chi connectivity index (χ1n) is 9.03. The van der Waals surface area contributed by atoms with Crippen molar-refractivity contribution in [3.63, 3.8) is 0 Å². The number of nitrogens with zero attached hydrogens (tertiary/aromatic N) is 1. The second-order valence-electron chi connectivity index (χ2n) is 8.26. The van der Waals surface area contributed by atoms with E-state index in [1.165, 1.54) is 11.1 Å². The zero-order valence-electron chi connectivity index (χ0n) is 15.2. The summed E-state index contributed by atoms with van der Waals surface area (Å²) < 4.78 is 0. The lowest BCUT2D eigenvalue weighted by Crippen LogP contribution is -2.39. The van der Waals surface area contributed by atoms with Gasteiger partial charge in [-0.25, -0.2) is 0 Å². The van der Waals surface area contributed by atoms with Crippen LogP contribution in [0.2, 0.25) is 0 Å². The number of rotatable bonds is 3. The predicted octanol–water partition coefficient (Wildman–Crippen LogP) is 4.34. The van der Waals surface area contributed by atoms with E-state index in [4.69, 9.17) is 0 Å². The number of piperidine rings is 1. The summed E-state index contributed by atoms with van der Waals surface area (Å²) in [6.07, 6.45) is 4.29. The van der Waals surface area contributed by atoms with Crippen molar-refractivity contribution in [2.75, 3.05) is 13.1 Å². The van der Waals surface area contributed by atoms with Gasteiger partial charge in [0.2, 0.25) is 5.91 Å².